The maximum absolute atomic E-state index is 13.1. The van der Waals surface area contributed by atoms with Crippen LogP contribution in [0.2, 0.25) is 0 Å². The molecule has 0 aromatic heterocycles. The molecule has 0 saturated carbocycles. The molecule has 0 aliphatic carbocycles. The van der Waals surface area contributed by atoms with Crippen LogP contribution in [0.15, 0.2) is 0 Å². The van der Waals surface area contributed by atoms with E-state index in [2.05, 4.69) is 48.5 Å². The Hall–Kier alpha value is -1.94. The minimum atomic E-state index is -4.96. The SMILES string of the molecule is CCCCCCCCCCCCCCCCCCCCCCC(=O)O[C@H](COC(=O)CCCCCCCCCCCCCCC(C)C)COP(=O)(O)OC[C@@H](O)COP(=O)(O)OC[C@@H](COC(=O)CCCCCCCCCCC(C)C)OC(=O)CCCCCCCCCCCCC(C)CC. The average Bonchev–Trinajstić information content (AvgIpc) is 0.953. The van der Waals surface area contributed by atoms with Crippen LogP contribution in [0, 0.1) is 17.8 Å². The van der Waals surface area contributed by atoms with Gasteiger partial charge in [-0.2, -0.15) is 0 Å². The zero-order valence-electron chi connectivity index (χ0n) is 65.7. The summed E-state index contributed by atoms with van der Waals surface area (Å²) in [5, 5.41) is 10.6. The number of hydrogen-bond acceptors (Lipinski definition) is 15. The number of carbonyl (C=O) groups excluding carboxylic acids is 4. The van der Waals surface area contributed by atoms with Gasteiger partial charge in [-0.25, -0.2) is 9.13 Å². The molecule has 0 heterocycles. The molecule has 3 N–H and O–H groups in total. The molecule has 0 aliphatic rings. The number of ether oxygens (including phenoxy) is 4. The normalized spacial score (nSPS) is 14.2. The molecule has 594 valence electrons. The number of phosphoric acid groups is 2. The second-order valence-electron chi connectivity index (χ2n) is 30.4. The van der Waals surface area contributed by atoms with Crippen LogP contribution in [0.25, 0.3) is 0 Å². The lowest BCUT2D eigenvalue weighted by Crippen LogP contribution is -2.30. The van der Waals surface area contributed by atoms with Crippen molar-refractivity contribution in [3.8, 4) is 0 Å². The molecule has 0 radical (unpaired) electrons. The molecule has 0 spiro atoms. The van der Waals surface area contributed by atoms with Gasteiger partial charge in [0.1, 0.15) is 19.3 Å². The number of unbranched alkanes of at least 4 members (excludes halogenated alkanes) is 46. The topological polar surface area (TPSA) is 237 Å². The Morgan fingerprint density at radius 1 is 0.290 bits per heavy atom. The highest BCUT2D eigenvalue weighted by molar-refractivity contribution is 7.47. The van der Waals surface area contributed by atoms with Crippen molar-refractivity contribution in [1.82, 2.24) is 0 Å². The fraction of sp³-hybridized carbons (Fsp3) is 0.951. The van der Waals surface area contributed by atoms with Crippen LogP contribution >= 0.6 is 15.6 Å². The van der Waals surface area contributed by atoms with Gasteiger partial charge in [0.2, 0.25) is 0 Å². The molecule has 0 aliphatic heterocycles. The average molecular weight is 1470 g/mol. The van der Waals surface area contributed by atoms with Crippen LogP contribution in [0.5, 0.6) is 0 Å². The summed E-state index contributed by atoms with van der Waals surface area (Å²) in [4.78, 5) is 73.0. The Labute approximate surface area is 613 Å². The molecule has 0 saturated heterocycles. The lowest BCUT2D eigenvalue weighted by molar-refractivity contribution is -0.161. The molecule has 0 rings (SSSR count). The van der Waals surface area contributed by atoms with E-state index in [0.717, 1.165) is 108 Å². The first-order valence-electron chi connectivity index (χ1n) is 41.9. The van der Waals surface area contributed by atoms with E-state index in [1.807, 2.05) is 0 Å². The minimum absolute atomic E-state index is 0.106. The van der Waals surface area contributed by atoms with E-state index in [-0.39, 0.29) is 25.7 Å². The van der Waals surface area contributed by atoms with E-state index >= 15 is 0 Å². The van der Waals surface area contributed by atoms with Crippen molar-refractivity contribution in [3.05, 3.63) is 0 Å². The van der Waals surface area contributed by atoms with Crippen molar-refractivity contribution in [3.63, 3.8) is 0 Å². The standard InChI is InChI=1S/C81H158O17P2/c1-8-10-11-12-13-14-15-16-17-18-19-20-21-22-23-28-34-43-50-57-64-80(85)97-76(68-91-78(83)62-55-48-41-33-27-25-24-26-31-38-45-52-59-72(3)4)70-95-99(87,88)93-66-75(82)67-94-100(89,90)96-71-77(69-92-79(84)63-56-49-42-37-36-39-46-53-60-73(5)6)98-81(86)65-58-51-44-35-30-29-32-40-47-54-61-74(7)9-2/h72-77,82H,8-71H2,1-7H3,(H,87,88)(H,89,90)/t74?,75-,76-,77-/m1/s1. The maximum Gasteiger partial charge on any atom is 0.472 e. The number of esters is 4. The second-order valence-corrected chi connectivity index (χ2v) is 33.3. The van der Waals surface area contributed by atoms with Crippen molar-refractivity contribution in [2.24, 2.45) is 17.8 Å². The lowest BCUT2D eigenvalue weighted by Gasteiger charge is -2.21. The third kappa shape index (κ3) is 73.0. The molecular weight excluding hydrogens is 1310 g/mol. The van der Waals surface area contributed by atoms with E-state index in [1.165, 1.54) is 231 Å². The maximum atomic E-state index is 13.1. The van der Waals surface area contributed by atoms with Gasteiger partial charge in [-0.15, -0.1) is 0 Å². The Kier molecular flexibility index (Phi) is 69.9. The molecule has 0 amide bonds. The first-order chi connectivity index (χ1) is 48.3. The lowest BCUT2D eigenvalue weighted by atomic mass is 9.99. The molecule has 19 heteroatoms. The number of carbonyl (C=O) groups is 4. The third-order valence-electron chi connectivity index (χ3n) is 19.2. The summed E-state index contributed by atoms with van der Waals surface area (Å²) in [6, 6.07) is 0. The van der Waals surface area contributed by atoms with Crippen LogP contribution in [0.4, 0.5) is 0 Å². The predicted molar refractivity (Wildman–Crippen MR) is 409 cm³/mol. The molecule has 0 bridgehead atoms. The van der Waals surface area contributed by atoms with Crippen LogP contribution in [-0.4, -0.2) is 96.7 Å². The first-order valence-corrected chi connectivity index (χ1v) is 44.9. The quantitative estimate of drug-likeness (QED) is 0.0222. The van der Waals surface area contributed by atoms with E-state index in [1.54, 1.807) is 0 Å². The second kappa shape index (κ2) is 71.3. The number of aliphatic hydroxyl groups excluding tert-OH is 1. The van der Waals surface area contributed by atoms with Crippen molar-refractivity contribution in [2.45, 2.75) is 439 Å². The summed E-state index contributed by atoms with van der Waals surface area (Å²) in [6.45, 7) is 11.9. The van der Waals surface area contributed by atoms with Crippen molar-refractivity contribution >= 4 is 39.5 Å². The molecule has 100 heavy (non-hydrogen) atoms. The first kappa shape index (κ1) is 98.1. The van der Waals surface area contributed by atoms with Gasteiger partial charge in [-0.3, -0.25) is 37.3 Å². The molecule has 0 aromatic carbocycles. The van der Waals surface area contributed by atoms with Gasteiger partial charge >= 0.3 is 39.5 Å². The van der Waals surface area contributed by atoms with Crippen LogP contribution in [-0.2, 0) is 65.4 Å². The number of rotatable bonds is 79. The molecule has 17 nitrogen and oxygen atoms in total. The fourth-order valence-electron chi connectivity index (χ4n) is 12.5. The highest BCUT2D eigenvalue weighted by Crippen LogP contribution is 2.45. The summed E-state index contributed by atoms with van der Waals surface area (Å²) in [6.07, 6.45) is 59.7. The van der Waals surface area contributed by atoms with Crippen molar-refractivity contribution < 1.29 is 80.2 Å². The van der Waals surface area contributed by atoms with Crippen LogP contribution in [0.1, 0.15) is 421 Å². The molecular formula is C81H158O17P2. The highest BCUT2D eigenvalue weighted by Gasteiger charge is 2.30. The molecule has 0 fully saturated rings. The van der Waals surface area contributed by atoms with Gasteiger partial charge in [0.05, 0.1) is 26.4 Å². The van der Waals surface area contributed by atoms with Gasteiger partial charge in [0.15, 0.2) is 12.2 Å². The summed E-state index contributed by atoms with van der Waals surface area (Å²) in [5.74, 6) is 0.199. The smallest absolute Gasteiger partial charge is 0.462 e. The van der Waals surface area contributed by atoms with Crippen LogP contribution < -0.4 is 0 Å². The minimum Gasteiger partial charge on any atom is -0.462 e. The summed E-state index contributed by atoms with van der Waals surface area (Å²) in [7, 11) is -9.92. The number of hydrogen-bond donors (Lipinski definition) is 3. The van der Waals surface area contributed by atoms with Gasteiger partial charge in [0, 0.05) is 25.7 Å². The Morgan fingerprint density at radius 2 is 0.510 bits per heavy atom. The van der Waals surface area contributed by atoms with Crippen LogP contribution in [0.3, 0.4) is 0 Å². The Balaban J connectivity index is 5.25. The number of aliphatic hydroxyl groups is 1. The van der Waals surface area contributed by atoms with Crippen molar-refractivity contribution in [2.75, 3.05) is 39.6 Å². The zero-order chi connectivity index (χ0) is 73.7. The third-order valence-corrected chi connectivity index (χ3v) is 21.1. The zero-order valence-corrected chi connectivity index (χ0v) is 67.5. The number of phosphoric ester groups is 2. The van der Waals surface area contributed by atoms with Gasteiger partial charge in [-0.05, 0) is 43.4 Å². The summed E-state index contributed by atoms with van der Waals surface area (Å²) in [5.41, 5.74) is 0. The fourth-order valence-corrected chi connectivity index (χ4v) is 14.0. The van der Waals surface area contributed by atoms with Gasteiger partial charge < -0.3 is 33.8 Å². The Morgan fingerprint density at radius 3 is 0.760 bits per heavy atom. The monoisotopic (exact) mass is 1470 g/mol. The summed E-state index contributed by atoms with van der Waals surface area (Å²) >= 11 is 0. The molecule has 0 aromatic rings. The predicted octanol–water partition coefficient (Wildman–Crippen LogP) is 24.1. The van der Waals surface area contributed by atoms with E-state index in [9.17, 15) is 43.2 Å². The highest BCUT2D eigenvalue weighted by atomic mass is 31.2. The van der Waals surface area contributed by atoms with Gasteiger partial charge in [0.25, 0.3) is 0 Å². The van der Waals surface area contributed by atoms with E-state index in [4.69, 9.17) is 37.0 Å². The van der Waals surface area contributed by atoms with E-state index < -0.39 is 97.5 Å². The van der Waals surface area contributed by atoms with Gasteiger partial charge in [-0.1, -0.05) is 370 Å². The van der Waals surface area contributed by atoms with E-state index in [0.29, 0.717) is 25.7 Å². The molecule has 6 atom stereocenters. The largest absolute Gasteiger partial charge is 0.472 e. The van der Waals surface area contributed by atoms with Crippen molar-refractivity contribution in [1.29, 1.82) is 0 Å². The Bertz CT molecular complexity index is 1940. The molecule has 3 unspecified atom stereocenters. The summed E-state index contributed by atoms with van der Waals surface area (Å²) < 4.78 is 68.7.